The molecule has 2 heterocycles. The third kappa shape index (κ3) is 4.56. The number of fused-ring (bicyclic) bond motifs is 1. The highest BCUT2D eigenvalue weighted by atomic mass is 19.4. The van der Waals surface area contributed by atoms with Crippen LogP contribution in [0.3, 0.4) is 0 Å². The molecule has 31 heavy (non-hydrogen) atoms. The Morgan fingerprint density at radius 3 is 2.61 bits per heavy atom. The Kier molecular flexibility index (Phi) is 5.70. The van der Waals surface area contributed by atoms with Crippen molar-refractivity contribution < 1.29 is 18.3 Å². The first-order valence-corrected chi connectivity index (χ1v) is 10.2. The quantitative estimate of drug-likeness (QED) is 0.583. The van der Waals surface area contributed by atoms with Crippen LogP contribution < -0.4 is 10.9 Å². The minimum atomic E-state index is -4.51. The van der Waals surface area contributed by atoms with Gasteiger partial charge in [-0.25, -0.2) is 9.97 Å². The van der Waals surface area contributed by atoms with Crippen molar-refractivity contribution in [2.75, 3.05) is 5.32 Å². The maximum Gasteiger partial charge on any atom is 0.416 e. The van der Waals surface area contributed by atoms with Gasteiger partial charge in [-0.2, -0.15) is 13.2 Å². The molecule has 0 aliphatic heterocycles. The van der Waals surface area contributed by atoms with Crippen LogP contribution in [0.1, 0.15) is 61.3 Å². The lowest BCUT2D eigenvalue weighted by Crippen LogP contribution is -2.25. The van der Waals surface area contributed by atoms with Gasteiger partial charge in [0.15, 0.2) is 6.23 Å². The summed E-state index contributed by atoms with van der Waals surface area (Å²) in [5.41, 5.74) is -0.522. The van der Waals surface area contributed by atoms with Crippen LogP contribution >= 0.6 is 0 Å². The number of alkyl halides is 3. The number of hydrogen-bond acceptors (Lipinski definition) is 5. The number of aryl methyl sites for hydroxylation is 1. The van der Waals surface area contributed by atoms with E-state index in [1.807, 2.05) is 0 Å². The van der Waals surface area contributed by atoms with E-state index in [-0.39, 0.29) is 23.0 Å². The minimum Gasteiger partial charge on any atom is -0.369 e. The Hall–Kier alpha value is -2.94. The number of anilines is 1. The first-order valence-electron chi connectivity index (χ1n) is 10.2. The average Bonchev–Trinajstić information content (AvgIpc) is 2.73. The Labute approximate surface area is 176 Å². The van der Waals surface area contributed by atoms with E-state index in [4.69, 9.17) is 0 Å². The van der Waals surface area contributed by atoms with Crippen molar-refractivity contribution in [3.8, 4) is 0 Å². The molecule has 0 saturated heterocycles. The van der Waals surface area contributed by atoms with Gasteiger partial charge in [0, 0.05) is 23.9 Å². The van der Waals surface area contributed by atoms with Crippen LogP contribution in [0.2, 0.25) is 0 Å². The number of halogens is 3. The van der Waals surface area contributed by atoms with Gasteiger partial charge in [0.25, 0.3) is 5.56 Å². The highest BCUT2D eigenvalue weighted by Crippen LogP contribution is 2.32. The largest absolute Gasteiger partial charge is 0.416 e. The lowest BCUT2D eigenvalue weighted by molar-refractivity contribution is -0.137. The molecule has 1 atom stereocenters. The van der Waals surface area contributed by atoms with E-state index < -0.39 is 18.0 Å². The van der Waals surface area contributed by atoms with Gasteiger partial charge >= 0.3 is 6.18 Å². The van der Waals surface area contributed by atoms with E-state index in [0.29, 0.717) is 16.7 Å². The summed E-state index contributed by atoms with van der Waals surface area (Å²) < 4.78 is 40.8. The molecule has 0 bridgehead atoms. The number of hydrogen-bond donors (Lipinski definition) is 2. The molecule has 9 heteroatoms. The monoisotopic (exact) mass is 432 g/mol. The fourth-order valence-electron chi connectivity index (χ4n) is 4.09. The van der Waals surface area contributed by atoms with Crippen LogP contribution in [0, 0.1) is 6.92 Å². The number of aliphatic hydroxyl groups is 1. The van der Waals surface area contributed by atoms with Crippen LogP contribution in [0.25, 0.3) is 10.9 Å². The average molecular weight is 432 g/mol. The molecular weight excluding hydrogens is 409 g/mol. The molecule has 2 N–H and O–H groups in total. The van der Waals surface area contributed by atoms with Crippen LogP contribution in [-0.2, 0) is 6.18 Å². The van der Waals surface area contributed by atoms with Gasteiger partial charge in [-0.3, -0.25) is 4.79 Å². The molecule has 3 aromatic rings. The Morgan fingerprint density at radius 2 is 1.90 bits per heavy atom. The van der Waals surface area contributed by atoms with E-state index in [0.717, 1.165) is 44.2 Å². The molecular formula is C22H23F3N4O2. The predicted octanol–water partition coefficient (Wildman–Crippen LogP) is 4.73. The number of aliphatic hydroxyl groups excluding tert-OH is 1. The Morgan fingerprint density at radius 1 is 1.16 bits per heavy atom. The highest BCUT2D eigenvalue weighted by molar-refractivity contribution is 5.88. The van der Waals surface area contributed by atoms with Gasteiger partial charge in [0.1, 0.15) is 11.6 Å². The number of nitrogens with one attached hydrogen (secondary N) is 1. The second kappa shape index (κ2) is 8.30. The number of rotatable bonds is 4. The second-order valence-corrected chi connectivity index (χ2v) is 7.90. The van der Waals surface area contributed by atoms with E-state index in [1.54, 1.807) is 17.7 Å². The summed E-state index contributed by atoms with van der Waals surface area (Å²) in [6, 6.07) is 6.03. The standard InChI is InChI=1S/C22H23F3N4O2/c1-13-26-18-11-19(30)29(16-8-3-2-4-9-16)12-17(18)20(27-13)28-21(31)14-6-5-7-15(10-14)22(23,24)25/h5-7,10-12,16,21,31H,2-4,8-9H2,1H3,(H,26,27,28). The van der Waals surface area contributed by atoms with Crippen LogP contribution in [0.4, 0.5) is 19.0 Å². The number of aromatic nitrogens is 3. The summed E-state index contributed by atoms with van der Waals surface area (Å²) >= 11 is 0. The molecule has 1 aliphatic rings. The van der Waals surface area contributed by atoms with Gasteiger partial charge in [0.05, 0.1) is 16.5 Å². The lowest BCUT2D eigenvalue weighted by Gasteiger charge is -2.24. The molecule has 2 aromatic heterocycles. The zero-order chi connectivity index (χ0) is 22.2. The van der Waals surface area contributed by atoms with Gasteiger partial charge in [0.2, 0.25) is 0 Å². The maximum absolute atomic E-state index is 13.0. The number of pyridine rings is 1. The van der Waals surface area contributed by atoms with Gasteiger partial charge in [-0.15, -0.1) is 0 Å². The van der Waals surface area contributed by atoms with Crippen molar-refractivity contribution in [1.82, 2.24) is 14.5 Å². The highest BCUT2D eigenvalue weighted by Gasteiger charge is 2.31. The van der Waals surface area contributed by atoms with Crippen molar-refractivity contribution in [1.29, 1.82) is 0 Å². The normalized spacial score (nSPS) is 16.4. The maximum atomic E-state index is 13.0. The first-order chi connectivity index (χ1) is 14.7. The molecule has 1 aromatic carbocycles. The smallest absolute Gasteiger partial charge is 0.369 e. The zero-order valence-corrected chi connectivity index (χ0v) is 17.0. The van der Waals surface area contributed by atoms with Crippen LogP contribution in [-0.4, -0.2) is 19.6 Å². The predicted molar refractivity (Wildman–Crippen MR) is 111 cm³/mol. The summed E-state index contributed by atoms with van der Waals surface area (Å²) in [6.45, 7) is 1.65. The topological polar surface area (TPSA) is 80.0 Å². The first kappa shape index (κ1) is 21.3. The molecule has 6 nitrogen and oxygen atoms in total. The SMILES string of the molecule is Cc1nc(NC(O)c2cccc(C(F)(F)F)c2)c2cn(C3CCCCC3)c(=O)cc2n1. The molecule has 1 saturated carbocycles. The van der Waals surface area contributed by atoms with Gasteiger partial charge < -0.3 is 15.0 Å². The van der Waals surface area contributed by atoms with Crippen molar-refractivity contribution in [3.63, 3.8) is 0 Å². The minimum absolute atomic E-state index is 0.0554. The number of nitrogens with zero attached hydrogens (tertiary/aromatic N) is 3. The summed E-state index contributed by atoms with van der Waals surface area (Å²) in [5.74, 6) is 0.637. The molecule has 4 rings (SSSR count). The molecule has 1 aliphatic carbocycles. The lowest BCUT2D eigenvalue weighted by atomic mass is 9.95. The summed E-state index contributed by atoms with van der Waals surface area (Å²) in [6.07, 6.45) is 0.837. The molecule has 164 valence electrons. The van der Waals surface area contributed by atoms with Crippen LogP contribution in [0.15, 0.2) is 41.3 Å². The fourth-order valence-corrected chi connectivity index (χ4v) is 4.09. The van der Waals surface area contributed by atoms with Crippen molar-refractivity contribution >= 4 is 16.7 Å². The molecule has 0 spiro atoms. The van der Waals surface area contributed by atoms with Gasteiger partial charge in [-0.1, -0.05) is 31.4 Å². The fraction of sp³-hybridized carbons (Fsp3) is 0.409. The van der Waals surface area contributed by atoms with Crippen molar-refractivity contribution in [2.24, 2.45) is 0 Å². The van der Waals surface area contributed by atoms with Crippen LogP contribution in [0.5, 0.6) is 0 Å². The molecule has 1 unspecified atom stereocenters. The third-order valence-electron chi connectivity index (χ3n) is 5.64. The zero-order valence-electron chi connectivity index (χ0n) is 17.0. The van der Waals surface area contributed by atoms with Crippen molar-refractivity contribution in [2.45, 2.75) is 57.5 Å². The molecule has 1 fully saturated rings. The van der Waals surface area contributed by atoms with E-state index in [2.05, 4.69) is 15.3 Å². The Bertz CT molecular complexity index is 1150. The van der Waals surface area contributed by atoms with E-state index >= 15 is 0 Å². The third-order valence-corrected chi connectivity index (χ3v) is 5.64. The summed E-state index contributed by atoms with van der Waals surface area (Å²) in [4.78, 5) is 21.3. The molecule has 0 radical (unpaired) electrons. The van der Waals surface area contributed by atoms with Gasteiger partial charge in [-0.05, 0) is 31.9 Å². The number of benzene rings is 1. The van der Waals surface area contributed by atoms with E-state index in [1.165, 1.54) is 18.2 Å². The second-order valence-electron chi connectivity index (χ2n) is 7.90. The summed E-state index contributed by atoms with van der Waals surface area (Å²) in [7, 11) is 0. The molecule has 0 amide bonds. The van der Waals surface area contributed by atoms with Crippen molar-refractivity contribution in [3.05, 3.63) is 63.8 Å². The van der Waals surface area contributed by atoms with E-state index in [9.17, 15) is 23.1 Å². The summed E-state index contributed by atoms with van der Waals surface area (Å²) in [5, 5.41) is 13.9. The Balaban J connectivity index is 1.72.